The number of carbonyl (C=O) groups excluding carboxylic acids is 2. The van der Waals surface area contributed by atoms with Crippen LogP contribution in [0, 0.1) is 0 Å². The Hall–Kier alpha value is -3.43. The van der Waals surface area contributed by atoms with Crippen LogP contribution in [-0.4, -0.2) is 34.3 Å². The number of esters is 1. The van der Waals surface area contributed by atoms with Crippen LogP contribution in [0.25, 0.3) is 21.3 Å². The minimum absolute atomic E-state index is 0.0261. The minimum Gasteiger partial charge on any atom is -0.465 e. The van der Waals surface area contributed by atoms with Gasteiger partial charge < -0.3 is 10.1 Å². The number of benzene rings is 2. The van der Waals surface area contributed by atoms with Gasteiger partial charge in [0.25, 0.3) is 5.56 Å². The highest BCUT2D eigenvalue weighted by atomic mass is 32.2. The van der Waals surface area contributed by atoms with Gasteiger partial charge in [-0.05, 0) is 24.6 Å². The van der Waals surface area contributed by atoms with Crippen molar-refractivity contribution in [3.8, 4) is 11.1 Å². The molecule has 0 saturated heterocycles. The molecule has 7 nitrogen and oxygen atoms in total. The van der Waals surface area contributed by atoms with Gasteiger partial charge in [0.05, 0.1) is 29.6 Å². The van der Waals surface area contributed by atoms with Gasteiger partial charge in [-0.1, -0.05) is 54.2 Å². The zero-order chi connectivity index (χ0) is 23.4. The van der Waals surface area contributed by atoms with Gasteiger partial charge in [-0.2, -0.15) is 0 Å². The lowest BCUT2D eigenvalue weighted by Gasteiger charge is -2.12. The number of fused-ring (bicyclic) bond motifs is 1. The molecule has 0 aliphatic rings. The van der Waals surface area contributed by atoms with Crippen LogP contribution < -0.4 is 10.9 Å². The summed E-state index contributed by atoms with van der Waals surface area (Å²) in [4.78, 5) is 42.4. The van der Waals surface area contributed by atoms with Crippen LogP contribution in [0.1, 0.15) is 17.3 Å². The minimum atomic E-state index is -0.531. The molecule has 0 radical (unpaired) electrons. The summed E-state index contributed by atoms with van der Waals surface area (Å²) in [5, 5.41) is 5.16. The molecule has 0 aliphatic carbocycles. The number of thiophene rings is 1. The number of amides is 1. The first-order valence-corrected chi connectivity index (χ1v) is 12.1. The fourth-order valence-corrected chi connectivity index (χ4v) is 5.21. The van der Waals surface area contributed by atoms with Gasteiger partial charge in [-0.15, -0.1) is 11.3 Å². The monoisotopic (exact) mass is 479 g/mol. The normalized spacial score (nSPS) is 10.8. The molecule has 2 aromatic heterocycles. The molecule has 4 rings (SSSR count). The second kappa shape index (κ2) is 10.0. The van der Waals surface area contributed by atoms with E-state index in [1.807, 2.05) is 42.6 Å². The molecule has 2 aromatic carbocycles. The molecule has 0 spiro atoms. The summed E-state index contributed by atoms with van der Waals surface area (Å²) in [6, 6.07) is 16.4. The first-order chi connectivity index (χ1) is 16.0. The summed E-state index contributed by atoms with van der Waals surface area (Å²) in [5.41, 5.74) is 3.05. The number of para-hydroxylation sites is 1. The topological polar surface area (TPSA) is 90.3 Å². The fraction of sp³-hybridized carbons (Fsp3) is 0.167. The average molecular weight is 480 g/mol. The Labute approximate surface area is 198 Å². The molecule has 9 heteroatoms. The molecule has 1 N–H and O–H groups in total. The Morgan fingerprint density at radius 1 is 1.12 bits per heavy atom. The molecule has 2 heterocycles. The van der Waals surface area contributed by atoms with Crippen molar-refractivity contribution in [3.05, 3.63) is 75.9 Å². The number of thioether (sulfide) groups is 1. The van der Waals surface area contributed by atoms with Crippen molar-refractivity contribution < 1.29 is 14.3 Å². The summed E-state index contributed by atoms with van der Waals surface area (Å²) in [5.74, 6) is -0.823. The van der Waals surface area contributed by atoms with E-state index < -0.39 is 5.97 Å². The molecule has 0 bridgehead atoms. The highest BCUT2D eigenvalue weighted by Crippen LogP contribution is 2.32. The third-order valence-electron chi connectivity index (χ3n) is 4.98. The van der Waals surface area contributed by atoms with Crippen LogP contribution in [0.5, 0.6) is 0 Å². The number of carbonyl (C=O) groups is 2. The van der Waals surface area contributed by atoms with Crippen LogP contribution in [0.2, 0.25) is 0 Å². The third-order valence-corrected chi connectivity index (χ3v) is 6.92. The third kappa shape index (κ3) is 4.69. The number of methoxy groups -OCH3 is 1. The van der Waals surface area contributed by atoms with Crippen molar-refractivity contribution in [1.82, 2.24) is 9.55 Å². The van der Waals surface area contributed by atoms with Crippen molar-refractivity contribution in [2.75, 3.05) is 18.2 Å². The molecular weight excluding hydrogens is 458 g/mol. The van der Waals surface area contributed by atoms with E-state index in [9.17, 15) is 14.4 Å². The summed E-state index contributed by atoms with van der Waals surface area (Å²) in [6.45, 7) is 2.31. The van der Waals surface area contributed by atoms with Crippen molar-refractivity contribution >= 4 is 50.9 Å². The van der Waals surface area contributed by atoms with E-state index in [-0.39, 0.29) is 22.8 Å². The average Bonchev–Trinajstić information content (AvgIpc) is 3.27. The number of hydrogen-bond acceptors (Lipinski definition) is 7. The number of nitrogens with zero attached hydrogens (tertiary/aromatic N) is 2. The van der Waals surface area contributed by atoms with Crippen LogP contribution in [0.15, 0.2) is 69.9 Å². The molecule has 4 aromatic rings. The second-order valence-corrected chi connectivity index (χ2v) is 8.83. The van der Waals surface area contributed by atoms with E-state index in [0.29, 0.717) is 27.6 Å². The molecule has 0 saturated carbocycles. The van der Waals surface area contributed by atoms with E-state index in [2.05, 4.69) is 5.32 Å². The van der Waals surface area contributed by atoms with Gasteiger partial charge in [0.1, 0.15) is 4.70 Å². The van der Waals surface area contributed by atoms with Crippen LogP contribution in [-0.2, 0) is 16.1 Å². The molecule has 168 valence electrons. The number of aromatic nitrogens is 2. The van der Waals surface area contributed by atoms with Gasteiger partial charge in [0.15, 0.2) is 5.16 Å². The van der Waals surface area contributed by atoms with E-state index in [1.165, 1.54) is 30.2 Å². The lowest BCUT2D eigenvalue weighted by Crippen LogP contribution is -2.23. The standard InChI is InChI=1S/C24H21N3O4S2/c1-3-27-22(29)21-20(17(13-32-21)15-9-5-4-6-10-15)26-24(27)33-14-19(28)25-18-12-8-7-11-16(18)23(30)31-2/h4-13H,3,14H2,1-2H3,(H,25,28). The van der Waals surface area contributed by atoms with Crippen LogP contribution >= 0.6 is 23.1 Å². The Kier molecular flexibility index (Phi) is 6.90. The zero-order valence-corrected chi connectivity index (χ0v) is 19.7. The Morgan fingerprint density at radius 3 is 2.58 bits per heavy atom. The quantitative estimate of drug-likeness (QED) is 0.236. The summed E-state index contributed by atoms with van der Waals surface area (Å²) < 4.78 is 6.94. The SMILES string of the molecule is CCn1c(SCC(=O)Nc2ccccc2C(=O)OC)nc2c(-c3ccccc3)csc2c1=O. The number of anilines is 1. The number of ether oxygens (including phenoxy) is 1. The van der Waals surface area contributed by atoms with Gasteiger partial charge >= 0.3 is 5.97 Å². The van der Waals surface area contributed by atoms with E-state index in [4.69, 9.17) is 9.72 Å². The predicted octanol–water partition coefficient (Wildman–Crippen LogP) is 4.66. The molecule has 0 unspecified atom stereocenters. The number of nitrogens with one attached hydrogen (secondary N) is 1. The van der Waals surface area contributed by atoms with Crippen LogP contribution in [0.4, 0.5) is 5.69 Å². The Balaban J connectivity index is 1.61. The summed E-state index contributed by atoms with van der Waals surface area (Å²) in [6.07, 6.45) is 0. The van der Waals surface area contributed by atoms with Crippen LogP contribution in [0.3, 0.4) is 0 Å². The number of hydrogen-bond donors (Lipinski definition) is 1. The Bertz CT molecular complexity index is 1380. The van der Waals surface area contributed by atoms with Crippen molar-refractivity contribution in [3.63, 3.8) is 0 Å². The predicted molar refractivity (Wildman–Crippen MR) is 132 cm³/mol. The molecular formula is C24H21N3O4S2. The maximum Gasteiger partial charge on any atom is 0.339 e. The molecule has 1 amide bonds. The van der Waals surface area contributed by atoms with E-state index in [0.717, 1.165) is 11.1 Å². The first kappa shape index (κ1) is 22.8. The highest BCUT2D eigenvalue weighted by Gasteiger charge is 2.18. The first-order valence-electron chi connectivity index (χ1n) is 10.2. The molecule has 0 atom stereocenters. The summed E-state index contributed by atoms with van der Waals surface area (Å²) in [7, 11) is 1.29. The molecule has 33 heavy (non-hydrogen) atoms. The lowest BCUT2D eigenvalue weighted by atomic mass is 10.1. The van der Waals surface area contributed by atoms with Gasteiger partial charge in [0.2, 0.25) is 5.91 Å². The lowest BCUT2D eigenvalue weighted by molar-refractivity contribution is -0.113. The number of rotatable bonds is 7. The van der Waals surface area contributed by atoms with Crippen molar-refractivity contribution in [2.24, 2.45) is 0 Å². The maximum absolute atomic E-state index is 13.1. The van der Waals surface area contributed by atoms with Gasteiger partial charge in [0, 0.05) is 17.5 Å². The Morgan fingerprint density at radius 2 is 1.85 bits per heavy atom. The van der Waals surface area contributed by atoms with E-state index >= 15 is 0 Å². The van der Waals surface area contributed by atoms with Crippen molar-refractivity contribution in [2.45, 2.75) is 18.6 Å². The van der Waals surface area contributed by atoms with Gasteiger partial charge in [-0.25, -0.2) is 9.78 Å². The van der Waals surface area contributed by atoms with Gasteiger partial charge in [-0.3, -0.25) is 14.2 Å². The zero-order valence-electron chi connectivity index (χ0n) is 18.0. The largest absolute Gasteiger partial charge is 0.465 e. The fourth-order valence-electron chi connectivity index (χ4n) is 3.39. The molecule has 0 fully saturated rings. The van der Waals surface area contributed by atoms with E-state index in [1.54, 1.807) is 28.8 Å². The maximum atomic E-state index is 13.1. The highest BCUT2D eigenvalue weighted by molar-refractivity contribution is 7.99. The second-order valence-electron chi connectivity index (χ2n) is 7.01. The summed E-state index contributed by atoms with van der Waals surface area (Å²) >= 11 is 2.56. The molecule has 0 aliphatic heterocycles. The smallest absolute Gasteiger partial charge is 0.339 e. The van der Waals surface area contributed by atoms with Crippen molar-refractivity contribution in [1.29, 1.82) is 0 Å².